The lowest BCUT2D eigenvalue weighted by Crippen LogP contribution is -2.33. The Balaban J connectivity index is 1.96. The van der Waals surface area contributed by atoms with Crippen molar-refractivity contribution in [3.63, 3.8) is 0 Å². The van der Waals surface area contributed by atoms with Gasteiger partial charge in [0.15, 0.2) is 0 Å². The molecule has 1 N–H and O–H groups in total. The lowest BCUT2D eigenvalue weighted by Gasteiger charge is -2.10. The van der Waals surface area contributed by atoms with Gasteiger partial charge in [-0.1, -0.05) is 39.9 Å². The van der Waals surface area contributed by atoms with E-state index in [0.717, 1.165) is 43.8 Å². The first-order chi connectivity index (χ1) is 12.3. The van der Waals surface area contributed by atoms with Crippen LogP contribution in [0.15, 0.2) is 39.7 Å². The van der Waals surface area contributed by atoms with Gasteiger partial charge in [0.05, 0.1) is 4.91 Å². The number of thioether (sulfide) groups is 1. The molecule has 1 aromatic carbocycles. The first kappa shape index (κ1) is 18.9. The normalized spacial score (nSPS) is 16.0. The summed E-state index contributed by atoms with van der Waals surface area (Å²) < 4.78 is 3.38. The number of carboxylic acid groups (broad SMARTS) is 1. The third kappa shape index (κ3) is 3.62. The van der Waals surface area contributed by atoms with Crippen LogP contribution in [0.1, 0.15) is 17.0 Å². The number of carbonyl (C=O) groups excluding carboxylic acids is 1. The number of benzene rings is 1. The first-order valence-corrected chi connectivity index (χ1v) is 9.71. The molecular formula is C18H15BrN2O3S2. The number of aromatic nitrogens is 1. The highest BCUT2D eigenvalue weighted by molar-refractivity contribution is 9.10. The van der Waals surface area contributed by atoms with Gasteiger partial charge in [0.2, 0.25) is 0 Å². The third-order valence-electron chi connectivity index (χ3n) is 4.01. The topological polar surface area (TPSA) is 62.5 Å². The summed E-state index contributed by atoms with van der Waals surface area (Å²) in [6, 6.07) is 9.98. The molecule has 1 fully saturated rings. The van der Waals surface area contributed by atoms with Crippen molar-refractivity contribution in [1.82, 2.24) is 9.47 Å². The van der Waals surface area contributed by atoms with Gasteiger partial charge in [0.1, 0.15) is 10.9 Å². The maximum absolute atomic E-state index is 12.4. The molecule has 2 heterocycles. The van der Waals surface area contributed by atoms with Crippen molar-refractivity contribution in [2.75, 3.05) is 6.54 Å². The molecule has 0 saturated carbocycles. The van der Waals surface area contributed by atoms with Crippen LogP contribution in [0.2, 0.25) is 0 Å². The van der Waals surface area contributed by atoms with Crippen LogP contribution >= 0.6 is 39.9 Å². The van der Waals surface area contributed by atoms with E-state index >= 15 is 0 Å². The summed E-state index contributed by atoms with van der Waals surface area (Å²) >= 11 is 9.70. The number of carboxylic acids is 1. The molecule has 1 aliphatic rings. The summed E-state index contributed by atoms with van der Waals surface area (Å²) in [4.78, 5) is 24.9. The largest absolute Gasteiger partial charge is 0.480 e. The second-order valence-electron chi connectivity index (χ2n) is 5.80. The Kier molecular flexibility index (Phi) is 5.36. The van der Waals surface area contributed by atoms with Gasteiger partial charge in [0.25, 0.3) is 5.91 Å². The number of amides is 1. The van der Waals surface area contributed by atoms with Crippen LogP contribution in [0.3, 0.4) is 0 Å². The number of hydrogen-bond acceptors (Lipinski definition) is 4. The smallest absolute Gasteiger partial charge is 0.323 e. The van der Waals surface area contributed by atoms with E-state index in [1.807, 2.05) is 44.2 Å². The van der Waals surface area contributed by atoms with Crippen LogP contribution < -0.4 is 0 Å². The molecule has 0 bridgehead atoms. The fourth-order valence-corrected chi connectivity index (χ4v) is 4.34. The number of rotatable bonds is 4. The number of halogens is 1. The van der Waals surface area contributed by atoms with Gasteiger partial charge >= 0.3 is 5.97 Å². The van der Waals surface area contributed by atoms with Gasteiger partial charge in [-0.15, -0.1) is 0 Å². The number of carbonyl (C=O) groups is 2. The molecule has 26 heavy (non-hydrogen) atoms. The van der Waals surface area contributed by atoms with E-state index in [1.165, 1.54) is 0 Å². The summed E-state index contributed by atoms with van der Waals surface area (Å²) in [5.74, 6) is -1.45. The molecule has 0 unspecified atom stereocenters. The number of aryl methyl sites for hydroxylation is 1. The minimum atomic E-state index is -1.09. The lowest BCUT2D eigenvalue weighted by atomic mass is 10.2. The molecule has 8 heteroatoms. The van der Waals surface area contributed by atoms with Crippen LogP contribution in [0, 0.1) is 13.8 Å². The van der Waals surface area contributed by atoms with E-state index < -0.39 is 12.5 Å². The highest BCUT2D eigenvalue weighted by Gasteiger charge is 2.33. The minimum absolute atomic E-state index is 0.269. The second-order valence-corrected chi connectivity index (χ2v) is 8.39. The summed E-state index contributed by atoms with van der Waals surface area (Å²) in [7, 11) is 0. The number of aliphatic carboxylic acids is 1. The fraction of sp³-hybridized carbons (Fsp3) is 0.167. The molecule has 5 nitrogen and oxygen atoms in total. The molecule has 1 aliphatic heterocycles. The average molecular weight is 451 g/mol. The highest BCUT2D eigenvalue weighted by Crippen LogP contribution is 2.34. The summed E-state index contributed by atoms with van der Waals surface area (Å²) in [6.45, 7) is 3.57. The van der Waals surface area contributed by atoms with Crippen LogP contribution in [0.25, 0.3) is 11.8 Å². The van der Waals surface area contributed by atoms with E-state index in [4.69, 9.17) is 17.3 Å². The zero-order valence-corrected chi connectivity index (χ0v) is 17.2. The molecule has 1 aromatic heterocycles. The van der Waals surface area contributed by atoms with Gasteiger partial charge in [-0.2, -0.15) is 0 Å². The van der Waals surface area contributed by atoms with Crippen LogP contribution in [0.4, 0.5) is 0 Å². The van der Waals surface area contributed by atoms with Gasteiger partial charge in [-0.25, -0.2) is 0 Å². The average Bonchev–Trinajstić information content (AvgIpc) is 2.99. The van der Waals surface area contributed by atoms with Gasteiger partial charge in [-0.3, -0.25) is 14.5 Å². The number of hydrogen-bond donors (Lipinski definition) is 1. The molecule has 3 rings (SSSR count). The predicted molar refractivity (Wildman–Crippen MR) is 110 cm³/mol. The molecule has 134 valence electrons. The summed E-state index contributed by atoms with van der Waals surface area (Å²) in [5, 5.41) is 8.93. The van der Waals surface area contributed by atoms with Crippen molar-refractivity contribution < 1.29 is 14.7 Å². The van der Waals surface area contributed by atoms with E-state index in [2.05, 4.69) is 20.5 Å². The number of nitrogens with zero attached hydrogens (tertiary/aromatic N) is 2. The Bertz CT molecular complexity index is 948. The molecule has 0 radical (unpaired) electrons. The number of thiocarbonyl (C=S) groups is 1. The second kappa shape index (κ2) is 7.38. The maximum Gasteiger partial charge on any atom is 0.323 e. The SMILES string of the molecule is Cc1cc(/C=C2\SC(=S)N(CC(=O)O)C2=O)c(C)n1-c1ccc(Br)cc1. The first-order valence-electron chi connectivity index (χ1n) is 7.70. The Morgan fingerprint density at radius 3 is 2.58 bits per heavy atom. The van der Waals surface area contributed by atoms with E-state index in [-0.39, 0.29) is 10.2 Å². The van der Waals surface area contributed by atoms with Crippen molar-refractivity contribution in [2.45, 2.75) is 13.8 Å². The molecule has 1 amide bonds. The molecule has 0 atom stereocenters. The lowest BCUT2D eigenvalue weighted by molar-refractivity contribution is -0.140. The van der Waals surface area contributed by atoms with Crippen molar-refractivity contribution in [3.8, 4) is 5.69 Å². The zero-order valence-electron chi connectivity index (χ0n) is 14.0. The van der Waals surface area contributed by atoms with Crippen molar-refractivity contribution in [1.29, 1.82) is 0 Å². The summed E-state index contributed by atoms with van der Waals surface area (Å²) in [5.41, 5.74) is 3.97. The van der Waals surface area contributed by atoms with E-state index in [9.17, 15) is 9.59 Å². The Morgan fingerprint density at radius 1 is 1.31 bits per heavy atom. The van der Waals surface area contributed by atoms with Crippen LogP contribution in [-0.2, 0) is 9.59 Å². The van der Waals surface area contributed by atoms with Gasteiger partial charge in [0, 0.05) is 21.5 Å². The predicted octanol–water partition coefficient (Wildman–Crippen LogP) is 4.14. The van der Waals surface area contributed by atoms with Crippen LogP contribution in [0.5, 0.6) is 0 Å². The monoisotopic (exact) mass is 450 g/mol. The van der Waals surface area contributed by atoms with E-state index in [0.29, 0.717) is 4.91 Å². The van der Waals surface area contributed by atoms with Gasteiger partial charge < -0.3 is 9.67 Å². The van der Waals surface area contributed by atoms with Crippen molar-refractivity contribution in [2.24, 2.45) is 0 Å². The van der Waals surface area contributed by atoms with E-state index in [1.54, 1.807) is 6.08 Å². The molecular weight excluding hydrogens is 436 g/mol. The zero-order chi connectivity index (χ0) is 19.0. The Labute approximate surface area is 168 Å². The van der Waals surface area contributed by atoms with Crippen molar-refractivity contribution in [3.05, 3.63) is 56.7 Å². The molecule has 0 aliphatic carbocycles. The Morgan fingerprint density at radius 2 is 1.96 bits per heavy atom. The third-order valence-corrected chi connectivity index (χ3v) is 5.92. The molecule has 2 aromatic rings. The quantitative estimate of drug-likeness (QED) is 0.559. The molecule has 0 spiro atoms. The Hall–Kier alpha value is -1.90. The fourth-order valence-electron chi connectivity index (χ4n) is 2.83. The minimum Gasteiger partial charge on any atom is -0.480 e. The standard InChI is InChI=1S/C18H15BrN2O3S2/c1-10-7-12(11(2)21(10)14-5-3-13(19)4-6-14)8-15-17(24)20(9-16(22)23)18(25)26-15/h3-8H,9H2,1-2H3,(H,22,23)/b15-8-. The van der Waals surface area contributed by atoms with Gasteiger partial charge in [-0.05, 0) is 55.8 Å². The summed E-state index contributed by atoms with van der Waals surface area (Å²) in [6.07, 6.45) is 1.78. The van der Waals surface area contributed by atoms with Crippen molar-refractivity contribution >= 4 is 62.2 Å². The molecule has 1 saturated heterocycles. The highest BCUT2D eigenvalue weighted by atomic mass is 79.9. The van der Waals surface area contributed by atoms with Crippen LogP contribution in [-0.4, -0.2) is 37.3 Å². The maximum atomic E-state index is 12.4.